The summed E-state index contributed by atoms with van der Waals surface area (Å²) in [7, 11) is 0. The highest BCUT2D eigenvalue weighted by Crippen LogP contribution is 2.17. The summed E-state index contributed by atoms with van der Waals surface area (Å²) in [6, 6.07) is 7.46. The summed E-state index contributed by atoms with van der Waals surface area (Å²) in [6.07, 6.45) is 2.45. The summed E-state index contributed by atoms with van der Waals surface area (Å²) in [6.45, 7) is 1.39. The van der Waals surface area contributed by atoms with Gasteiger partial charge in [-0.3, -0.25) is 4.79 Å². The molecule has 86 valence electrons. The van der Waals surface area contributed by atoms with Gasteiger partial charge in [0, 0.05) is 24.0 Å². The monoisotopic (exact) mass is 238 g/mol. The molecule has 1 aliphatic heterocycles. The topological polar surface area (TPSA) is 26.3 Å². The van der Waals surface area contributed by atoms with Crippen LogP contribution in [0, 0.1) is 5.92 Å². The number of carbonyl (C=O) groups excluding carboxylic acids is 1. The van der Waals surface area contributed by atoms with Crippen molar-refractivity contribution in [3.63, 3.8) is 0 Å². The van der Waals surface area contributed by atoms with Crippen molar-refractivity contribution >= 4 is 17.4 Å². The molecule has 1 aromatic carbocycles. The van der Waals surface area contributed by atoms with E-state index in [1.165, 1.54) is 0 Å². The van der Waals surface area contributed by atoms with Crippen LogP contribution in [-0.4, -0.2) is 19.0 Å². The van der Waals surface area contributed by atoms with E-state index in [4.69, 9.17) is 16.3 Å². The molecular weight excluding hydrogens is 224 g/mol. The van der Waals surface area contributed by atoms with Gasteiger partial charge in [0.25, 0.3) is 0 Å². The van der Waals surface area contributed by atoms with Crippen molar-refractivity contribution in [3.8, 4) is 0 Å². The lowest BCUT2D eigenvalue weighted by molar-refractivity contribution is -0.126. The van der Waals surface area contributed by atoms with Crippen LogP contribution in [0.3, 0.4) is 0 Å². The Balaban J connectivity index is 1.93. The van der Waals surface area contributed by atoms with Crippen molar-refractivity contribution in [1.29, 1.82) is 0 Å². The van der Waals surface area contributed by atoms with Crippen LogP contribution in [-0.2, 0) is 16.0 Å². The van der Waals surface area contributed by atoms with Gasteiger partial charge in [0.15, 0.2) is 0 Å². The van der Waals surface area contributed by atoms with Crippen LogP contribution >= 0.6 is 11.6 Å². The van der Waals surface area contributed by atoms with Gasteiger partial charge in [-0.2, -0.15) is 0 Å². The molecule has 2 nitrogen and oxygen atoms in total. The zero-order valence-corrected chi connectivity index (χ0v) is 9.87. The van der Waals surface area contributed by atoms with Gasteiger partial charge >= 0.3 is 0 Å². The van der Waals surface area contributed by atoms with E-state index in [2.05, 4.69) is 0 Å². The smallest absolute Gasteiger partial charge is 0.142 e. The van der Waals surface area contributed by atoms with Crippen LogP contribution < -0.4 is 0 Å². The molecule has 1 heterocycles. The van der Waals surface area contributed by atoms with Gasteiger partial charge in [-0.05, 0) is 30.5 Å². The third-order valence-corrected chi connectivity index (χ3v) is 3.16. The van der Waals surface area contributed by atoms with Crippen LogP contribution in [0.4, 0.5) is 0 Å². The molecule has 0 saturated carbocycles. The molecule has 2 rings (SSSR count). The van der Waals surface area contributed by atoms with Crippen molar-refractivity contribution in [2.45, 2.75) is 19.3 Å². The predicted molar refractivity (Wildman–Crippen MR) is 63.7 cm³/mol. The maximum Gasteiger partial charge on any atom is 0.142 e. The summed E-state index contributed by atoms with van der Waals surface area (Å²) in [5.74, 6) is 0.367. The highest BCUT2D eigenvalue weighted by Gasteiger charge is 2.21. The maximum absolute atomic E-state index is 11.9. The molecule has 1 aliphatic rings. The van der Waals surface area contributed by atoms with Gasteiger partial charge in [0.2, 0.25) is 0 Å². The Morgan fingerprint density at radius 3 is 2.75 bits per heavy atom. The molecular formula is C13H15ClO2. The first-order valence-corrected chi connectivity index (χ1v) is 5.98. The molecule has 0 spiro atoms. The Kier molecular flexibility index (Phi) is 3.97. The van der Waals surface area contributed by atoms with E-state index < -0.39 is 0 Å². The quantitative estimate of drug-likeness (QED) is 0.810. The minimum Gasteiger partial charge on any atom is -0.381 e. The maximum atomic E-state index is 11.9. The highest BCUT2D eigenvalue weighted by molar-refractivity contribution is 6.30. The first-order chi connectivity index (χ1) is 7.75. The molecule has 1 fully saturated rings. The normalized spacial score (nSPS) is 20.7. The zero-order chi connectivity index (χ0) is 11.4. The van der Waals surface area contributed by atoms with E-state index in [-0.39, 0.29) is 11.7 Å². The summed E-state index contributed by atoms with van der Waals surface area (Å²) < 4.78 is 5.32. The second kappa shape index (κ2) is 5.46. The van der Waals surface area contributed by atoms with E-state index in [1.807, 2.05) is 24.3 Å². The van der Waals surface area contributed by atoms with E-state index in [9.17, 15) is 4.79 Å². The third kappa shape index (κ3) is 3.06. The van der Waals surface area contributed by atoms with E-state index >= 15 is 0 Å². The molecule has 3 heteroatoms. The zero-order valence-electron chi connectivity index (χ0n) is 9.12. The number of benzene rings is 1. The molecule has 1 saturated heterocycles. The van der Waals surface area contributed by atoms with Crippen molar-refractivity contribution in [1.82, 2.24) is 0 Å². The van der Waals surface area contributed by atoms with Gasteiger partial charge in [-0.15, -0.1) is 0 Å². The standard InChI is InChI=1S/C13H15ClO2/c14-12-5-3-10(4-6-12)8-13(15)11-2-1-7-16-9-11/h3-6,11H,1-2,7-9H2. The molecule has 16 heavy (non-hydrogen) atoms. The molecule has 0 bridgehead atoms. The second-order valence-corrected chi connectivity index (χ2v) is 4.62. The van der Waals surface area contributed by atoms with Gasteiger partial charge < -0.3 is 4.74 Å². The van der Waals surface area contributed by atoms with Gasteiger partial charge in [-0.25, -0.2) is 0 Å². The Labute approximate surface area is 101 Å². The lowest BCUT2D eigenvalue weighted by Gasteiger charge is -2.20. The number of hydrogen-bond donors (Lipinski definition) is 0. The van der Waals surface area contributed by atoms with E-state index in [1.54, 1.807) is 0 Å². The summed E-state index contributed by atoms with van der Waals surface area (Å²) in [4.78, 5) is 11.9. The average molecular weight is 239 g/mol. The lowest BCUT2D eigenvalue weighted by atomic mass is 9.93. The Hall–Kier alpha value is -0.860. The lowest BCUT2D eigenvalue weighted by Crippen LogP contribution is -2.26. The molecule has 0 amide bonds. The van der Waals surface area contributed by atoms with Crippen molar-refractivity contribution < 1.29 is 9.53 Å². The van der Waals surface area contributed by atoms with E-state index in [0.717, 1.165) is 25.0 Å². The molecule has 1 aromatic rings. The van der Waals surface area contributed by atoms with Crippen LogP contribution in [0.15, 0.2) is 24.3 Å². The first-order valence-electron chi connectivity index (χ1n) is 5.60. The Morgan fingerprint density at radius 2 is 2.12 bits per heavy atom. The largest absolute Gasteiger partial charge is 0.381 e. The van der Waals surface area contributed by atoms with Crippen molar-refractivity contribution in [2.75, 3.05) is 13.2 Å². The number of hydrogen-bond acceptors (Lipinski definition) is 2. The number of ketones is 1. The number of carbonyl (C=O) groups is 1. The predicted octanol–water partition coefficient (Wildman–Crippen LogP) is 2.88. The van der Waals surface area contributed by atoms with Gasteiger partial charge in [0.1, 0.15) is 5.78 Å². The molecule has 1 atom stereocenters. The van der Waals surface area contributed by atoms with Gasteiger partial charge in [0.05, 0.1) is 6.61 Å². The third-order valence-electron chi connectivity index (χ3n) is 2.91. The van der Waals surface area contributed by atoms with Crippen molar-refractivity contribution in [3.05, 3.63) is 34.9 Å². The van der Waals surface area contributed by atoms with Crippen LogP contribution in [0.2, 0.25) is 5.02 Å². The average Bonchev–Trinajstić information content (AvgIpc) is 2.33. The minimum absolute atomic E-state index is 0.0874. The fraction of sp³-hybridized carbons (Fsp3) is 0.462. The summed E-state index contributed by atoms with van der Waals surface area (Å²) in [5, 5.41) is 0.706. The first kappa shape index (κ1) is 11.6. The SMILES string of the molecule is O=C(Cc1ccc(Cl)cc1)C1CCCOC1. The second-order valence-electron chi connectivity index (χ2n) is 4.18. The number of Topliss-reactive ketones (excluding diaryl/α,β-unsaturated/α-hetero) is 1. The fourth-order valence-electron chi connectivity index (χ4n) is 1.94. The fourth-order valence-corrected chi connectivity index (χ4v) is 2.07. The molecule has 0 N–H and O–H groups in total. The van der Waals surface area contributed by atoms with E-state index in [0.29, 0.717) is 18.1 Å². The molecule has 0 aromatic heterocycles. The van der Waals surface area contributed by atoms with Crippen LogP contribution in [0.25, 0.3) is 0 Å². The highest BCUT2D eigenvalue weighted by atomic mass is 35.5. The number of halogens is 1. The van der Waals surface area contributed by atoms with Crippen molar-refractivity contribution in [2.24, 2.45) is 5.92 Å². The summed E-state index contributed by atoms with van der Waals surface area (Å²) in [5.41, 5.74) is 1.03. The Morgan fingerprint density at radius 1 is 1.38 bits per heavy atom. The number of rotatable bonds is 3. The van der Waals surface area contributed by atoms with Crippen LogP contribution in [0.1, 0.15) is 18.4 Å². The Bertz CT molecular complexity index is 353. The number of ether oxygens (including phenoxy) is 1. The van der Waals surface area contributed by atoms with Gasteiger partial charge in [-0.1, -0.05) is 23.7 Å². The minimum atomic E-state index is 0.0874. The molecule has 0 aliphatic carbocycles. The van der Waals surface area contributed by atoms with Crippen LogP contribution in [0.5, 0.6) is 0 Å². The molecule has 1 unspecified atom stereocenters. The molecule has 0 radical (unpaired) electrons. The summed E-state index contributed by atoms with van der Waals surface area (Å²) >= 11 is 5.79.